The number of hydrogen-bond acceptors (Lipinski definition) is 3. The molecule has 3 N–H and O–H groups in total. The summed E-state index contributed by atoms with van der Waals surface area (Å²) in [5, 5.41) is 3.17. The van der Waals surface area contributed by atoms with Crippen LogP contribution in [0.25, 0.3) is 0 Å². The third-order valence-electron chi connectivity index (χ3n) is 3.72. The van der Waals surface area contributed by atoms with E-state index >= 15 is 0 Å². The summed E-state index contributed by atoms with van der Waals surface area (Å²) in [4.78, 5) is 9.18. The molecule has 0 bridgehead atoms. The minimum atomic E-state index is 0.586. The summed E-state index contributed by atoms with van der Waals surface area (Å²) < 4.78 is 0. The number of likely N-dealkylation sites (N-methyl/N-ethyl adjacent to an activating group) is 2. The second-order valence-corrected chi connectivity index (χ2v) is 4.97. The fourth-order valence-corrected chi connectivity index (χ4v) is 2.31. The lowest BCUT2D eigenvalue weighted by atomic mass is 10.2. The maximum Gasteiger partial charge on any atom is 0.188 e. The van der Waals surface area contributed by atoms with Crippen LogP contribution < -0.4 is 11.1 Å². The molecular formula is C13H29N5. The monoisotopic (exact) mass is 255 g/mol. The van der Waals surface area contributed by atoms with Crippen molar-refractivity contribution in [2.45, 2.75) is 32.7 Å². The Morgan fingerprint density at radius 2 is 2.28 bits per heavy atom. The lowest BCUT2D eigenvalue weighted by Gasteiger charge is -2.21. The number of rotatable bonds is 7. The molecule has 0 aromatic rings. The van der Waals surface area contributed by atoms with Crippen molar-refractivity contribution in [1.29, 1.82) is 0 Å². The fourth-order valence-electron chi connectivity index (χ4n) is 2.31. The molecule has 1 aliphatic rings. The van der Waals surface area contributed by atoms with E-state index in [1.165, 1.54) is 19.4 Å². The summed E-state index contributed by atoms with van der Waals surface area (Å²) >= 11 is 0. The number of hydrogen-bond donors (Lipinski definition) is 2. The van der Waals surface area contributed by atoms with Gasteiger partial charge in [-0.15, -0.1) is 0 Å². The Kier molecular flexibility index (Phi) is 7.05. The predicted molar refractivity (Wildman–Crippen MR) is 77.9 cm³/mol. The van der Waals surface area contributed by atoms with Crippen LogP contribution in [0.2, 0.25) is 0 Å². The van der Waals surface area contributed by atoms with Crippen molar-refractivity contribution in [2.75, 3.05) is 46.3 Å². The summed E-state index contributed by atoms with van der Waals surface area (Å²) in [5.74, 6) is 0.586. The average molecular weight is 255 g/mol. The van der Waals surface area contributed by atoms with Gasteiger partial charge in [0.25, 0.3) is 0 Å². The van der Waals surface area contributed by atoms with Crippen LogP contribution in [0.4, 0.5) is 0 Å². The van der Waals surface area contributed by atoms with Crippen molar-refractivity contribution in [3.63, 3.8) is 0 Å². The third-order valence-corrected chi connectivity index (χ3v) is 3.72. The zero-order chi connectivity index (χ0) is 13.4. The molecule has 1 heterocycles. The number of nitrogens with two attached hydrogens (primary N) is 1. The van der Waals surface area contributed by atoms with Crippen LogP contribution in [0.15, 0.2) is 4.99 Å². The first-order valence-corrected chi connectivity index (χ1v) is 7.13. The van der Waals surface area contributed by atoms with Gasteiger partial charge < -0.3 is 16.0 Å². The van der Waals surface area contributed by atoms with Crippen molar-refractivity contribution in [2.24, 2.45) is 10.7 Å². The molecule has 1 saturated heterocycles. The summed E-state index contributed by atoms with van der Waals surface area (Å²) in [6.45, 7) is 10.4. The van der Waals surface area contributed by atoms with Gasteiger partial charge in [-0.1, -0.05) is 13.8 Å². The molecule has 106 valence electrons. The molecule has 5 nitrogen and oxygen atoms in total. The average Bonchev–Trinajstić information content (AvgIpc) is 2.83. The predicted octanol–water partition coefficient (Wildman–Crippen LogP) is 0.327. The van der Waals surface area contributed by atoms with Gasteiger partial charge in [0.2, 0.25) is 0 Å². The summed E-state index contributed by atoms with van der Waals surface area (Å²) in [7, 11) is 2.10. The molecule has 1 aliphatic heterocycles. The first kappa shape index (κ1) is 15.2. The Hall–Kier alpha value is -0.810. The molecule has 1 rings (SSSR count). The van der Waals surface area contributed by atoms with Gasteiger partial charge in [0.05, 0.1) is 6.54 Å². The highest BCUT2D eigenvalue weighted by Crippen LogP contribution is 2.16. The van der Waals surface area contributed by atoms with E-state index in [1.807, 2.05) is 0 Å². The van der Waals surface area contributed by atoms with Crippen molar-refractivity contribution < 1.29 is 0 Å². The molecule has 0 aromatic carbocycles. The molecule has 1 unspecified atom stereocenters. The first-order chi connectivity index (χ1) is 8.67. The molecule has 5 heteroatoms. The van der Waals surface area contributed by atoms with Crippen molar-refractivity contribution in [3.05, 3.63) is 0 Å². The Morgan fingerprint density at radius 1 is 1.50 bits per heavy atom. The second-order valence-electron chi connectivity index (χ2n) is 4.97. The Bertz CT molecular complexity index is 254. The molecule has 0 amide bonds. The van der Waals surface area contributed by atoms with E-state index in [0.717, 1.165) is 32.7 Å². The summed E-state index contributed by atoms with van der Waals surface area (Å²) in [6, 6.07) is 0.591. The standard InChI is InChI=1S/C13H29N5/c1-4-17(3)10-8-15-13(14)16-11-12-7-6-9-18(12)5-2/h12H,4-11H2,1-3H3,(H3,14,15,16). The van der Waals surface area contributed by atoms with E-state index in [-0.39, 0.29) is 0 Å². The minimum absolute atomic E-state index is 0.586. The van der Waals surface area contributed by atoms with Crippen LogP contribution in [-0.4, -0.2) is 68.1 Å². The summed E-state index contributed by atoms with van der Waals surface area (Å²) in [5.41, 5.74) is 5.87. The van der Waals surface area contributed by atoms with Crippen LogP contribution in [-0.2, 0) is 0 Å². The topological polar surface area (TPSA) is 56.9 Å². The van der Waals surface area contributed by atoms with Crippen LogP contribution in [0.5, 0.6) is 0 Å². The zero-order valence-electron chi connectivity index (χ0n) is 12.2. The van der Waals surface area contributed by atoms with Gasteiger partial charge in [-0.2, -0.15) is 0 Å². The van der Waals surface area contributed by atoms with Gasteiger partial charge in [-0.05, 0) is 39.5 Å². The quantitative estimate of drug-likeness (QED) is 0.508. The number of guanidine groups is 1. The number of nitrogens with one attached hydrogen (secondary N) is 1. The van der Waals surface area contributed by atoms with Crippen LogP contribution in [0.1, 0.15) is 26.7 Å². The lowest BCUT2D eigenvalue weighted by molar-refractivity contribution is 0.273. The van der Waals surface area contributed by atoms with Crippen LogP contribution >= 0.6 is 0 Å². The largest absolute Gasteiger partial charge is 0.370 e. The smallest absolute Gasteiger partial charge is 0.188 e. The maximum atomic E-state index is 5.87. The molecule has 0 radical (unpaired) electrons. The Morgan fingerprint density at radius 3 is 2.94 bits per heavy atom. The fraction of sp³-hybridized carbons (Fsp3) is 0.923. The number of likely N-dealkylation sites (tertiary alicyclic amines) is 1. The normalized spacial score (nSPS) is 21.8. The van der Waals surface area contributed by atoms with Gasteiger partial charge in [0, 0.05) is 19.1 Å². The first-order valence-electron chi connectivity index (χ1n) is 7.13. The highest BCUT2D eigenvalue weighted by Gasteiger charge is 2.22. The van der Waals surface area contributed by atoms with E-state index < -0.39 is 0 Å². The highest BCUT2D eigenvalue weighted by molar-refractivity contribution is 5.77. The van der Waals surface area contributed by atoms with Gasteiger partial charge in [-0.25, -0.2) is 0 Å². The third kappa shape index (κ3) is 5.23. The highest BCUT2D eigenvalue weighted by atomic mass is 15.2. The van der Waals surface area contributed by atoms with Gasteiger partial charge >= 0.3 is 0 Å². The summed E-state index contributed by atoms with van der Waals surface area (Å²) in [6.07, 6.45) is 2.55. The van der Waals surface area contributed by atoms with Gasteiger partial charge in [0.1, 0.15) is 0 Å². The molecule has 0 aliphatic carbocycles. The zero-order valence-corrected chi connectivity index (χ0v) is 12.2. The van der Waals surface area contributed by atoms with Crippen molar-refractivity contribution in [1.82, 2.24) is 15.1 Å². The Balaban J connectivity index is 2.20. The van der Waals surface area contributed by atoms with E-state index in [2.05, 4.69) is 41.0 Å². The van der Waals surface area contributed by atoms with E-state index in [1.54, 1.807) is 0 Å². The van der Waals surface area contributed by atoms with Crippen LogP contribution in [0.3, 0.4) is 0 Å². The molecular weight excluding hydrogens is 226 g/mol. The maximum absolute atomic E-state index is 5.87. The van der Waals surface area contributed by atoms with Gasteiger partial charge in [0.15, 0.2) is 5.96 Å². The van der Waals surface area contributed by atoms with Gasteiger partial charge in [-0.3, -0.25) is 9.89 Å². The van der Waals surface area contributed by atoms with E-state index in [0.29, 0.717) is 12.0 Å². The number of aliphatic imine (C=N–C) groups is 1. The number of nitrogens with zero attached hydrogens (tertiary/aromatic N) is 3. The SMILES string of the molecule is CCN(C)CCNC(N)=NCC1CCCN1CC. The molecule has 1 atom stereocenters. The minimum Gasteiger partial charge on any atom is -0.370 e. The Labute approximate surface area is 111 Å². The molecule has 0 spiro atoms. The lowest BCUT2D eigenvalue weighted by Crippen LogP contribution is -2.39. The molecule has 18 heavy (non-hydrogen) atoms. The van der Waals surface area contributed by atoms with Crippen molar-refractivity contribution >= 4 is 5.96 Å². The van der Waals surface area contributed by atoms with Crippen molar-refractivity contribution in [3.8, 4) is 0 Å². The van der Waals surface area contributed by atoms with E-state index in [9.17, 15) is 0 Å². The molecule has 0 aromatic heterocycles. The second kappa shape index (κ2) is 8.32. The van der Waals surface area contributed by atoms with Crippen LogP contribution in [0, 0.1) is 0 Å². The van der Waals surface area contributed by atoms with E-state index in [4.69, 9.17) is 5.73 Å². The molecule has 0 saturated carbocycles. The molecule has 1 fully saturated rings.